The first-order valence-corrected chi connectivity index (χ1v) is 3.34. The zero-order valence-electron chi connectivity index (χ0n) is 5.18. The molecule has 0 saturated heterocycles. The summed E-state index contributed by atoms with van der Waals surface area (Å²) in [7, 11) is 0. The maximum absolute atomic E-state index is 10.2. The van der Waals surface area contributed by atoms with E-state index in [1.165, 1.54) is 18.4 Å². The van der Waals surface area contributed by atoms with E-state index in [9.17, 15) is 4.79 Å². The van der Waals surface area contributed by atoms with Gasteiger partial charge in [-0.25, -0.2) is 4.79 Å². The van der Waals surface area contributed by atoms with E-state index < -0.39 is 0 Å². The van der Waals surface area contributed by atoms with E-state index >= 15 is 0 Å². The van der Waals surface area contributed by atoms with E-state index in [4.69, 9.17) is 0 Å². The van der Waals surface area contributed by atoms with Crippen molar-refractivity contribution < 1.29 is 4.79 Å². The second-order valence-electron chi connectivity index (χ2n) is 2.80. The van der Waals surface area contributed by atoms with Gasteiger partial charge in [0, 0.05) is 5.57 Å². The van der Waals surface area contributed by atoms with Gasteiger partial charge in [0.2, 0.25) is 0 Å². The number of fused-ring (bicyclic) bond motifs is 2. The summed E-state index contributed by atoms with van der Waals surface area (Å²) in [6.07, 6.45) is 5.57. The van der Waals surface area contributed by atoms with Gasteiger partial charge in [0.05, 0.1) is 0 Å². The van der Waals surface area contributed by atoms with Crippen LogP contribution >= 0.6 is 0 Å². The molecule has 0 aromatic heterocycles. The van der Waals surface area contributed by atoms with Crippen molar-refractivity contribution in [3.63, 3.8) is 0 Å². The molecular weight excluding hydrogens is 112 g/mol. The Hall–Kier alpha value is -0.810. The topological polar surface area (TPSA) is 17.1 Å². The molecule has 2 rings (SSSR count). The Morgan fingerprint density at radius 1 is 1.67 bits per heavy atom. The second kappa shape index (κ2) is 1.58. The maximum Gasteiger partial charge on any atom is 0.128 e. The fraction of sp³-hybridized carbons (Fsp3) is 0.500. The third-order valence-electron chi connectivity index (χ3n) is 2.24. The molecule has 1 unspecified atom stereocenters. The zero-order chi connectivity index (χ0) is 6.27. The van der Waals surface area contributed by atoms with E-state index in [-0.39, 0.29) is 0 Å². The minimum absolute atomic E-state index is 0.553. The Kier molecular flexibility index (Phi) is 0.882. The van der Waals surface area contributed by atoms with Crippen molar-refractivity contribution in [1.82, 2.24) is 0 Å². The smallest absolute Gasteiger partial charge is 0.128 e. The van der Waals surface area contributed by atoms with Crippen LogP contribution in [0, 0.1) is 5.92 Å². The second-order valence-corrected chi connectivity index (χ2v) is 2.80. The van der Waals surface area contributed by atoms with Crippen molar-refractivity contribution in [2.45, 2.75) is 19.3 Å². The van der Waals surface area contributed by atoms with Gasteiger partial charge in [0.1, 0.15) is 5.94 Å². The molecule has 1 saturated carbocycles. The lowest BCUT2D eigenvalue weighted by Gasteiger charge is -2.01. The van der Waals surface area contributed by atoms with Crippen molar-refractivity contribution in [3.05, 3.63) is 17.2 Å². The van der Waals surface area contributed by atoms with Crippen LogP contribution in [0.15, 0.2) is 17.2 Å². The highest BCUT2D eigenvalue weighted by Crippen LogP contribution is 2.41. The molecule has 0 aromatic carbocycles. The van der Waals surface area contributed by atoms with E-state index in [0.29, 0.717) is 5.92 Å². The quantitative estimate of drug-likeness (QED) is 0.442. The molecule has 0 aliphatic heterocycles. The largest absolute Gasteiger partial charge is 0.233 e. The van der Waals surface area contributed by atoms with Crippen molar-refractivity contribution >= 4 is 5.94 Å². The minimum Gasteiger partial charge on any atom is -0.233 e. The Morgan fingerprint density at radius 2 is 2.56 bits per heavy atom. The normalized spacial score (nSPS) is 30.4. The molecule has 1 nitrogen and oxygen atoms in total. The van der Waals surface area contributed by atoms with Gasteiger partial charge in [-0.05, 0) is 31.3 Å². The molecule has 0 N–H and O–H groups in total. The predicted molar refractivity (Wildman–Crippen MR) is 34.6 cm³/mol. The molecule has 0 spiro atoms. The summed E-state index contributed by atoms with van der Waals surface area (Å²) in [6, 6.07) is 0. The van der Waals surface area contributed by atoms with E-state index in [1.54, 1.807) is 0 Å². The van der Waals surface area contributed by atoms with E-state index in [2.05, 4.69) is 0 Å². The summed E-state index contributed by atoms with van der Waals surface area (Å²) in [5.74, 6) is 2.54. The van der Waals surface area contributed by atoms with Crippen LogP contribution in [0.25, 0.3) is 0 Å². The summed E-state index contributed by atoms with van der Waals surface area (Å²) in [6.45, 7) is 0. The number of hydrogen-bond donors (Lipinski definition) is 0. The molecule has 1 atom stereocenters. The average molecular weight is 120 g/mol. The van der Waals surface area contributed by atoms with E-state index in [0.717, 1.165) is 12.0 Å². The van der Waals surface area contributed by atoms with Crippen molar-refractivity contribution in [1.29, 1.82) is 0 Å². The van der Waals surface area contributed by atoms with Crippen LogP contribution in [-0.2, 0) is 4.79 Å². The summed E-state index contributed by atoms with van der Waals surface area (Å²) in [5, 5.41) is 0. The molecule has 46 valence electrons. The molecule has 9 heavy (non-hydrogen) atoms. The Labute approximate surface area is 54.1 Å². The monoisotopic (exact) mass is 120 g/mol. The predicted octanol–water partition coefficient (Wildman–Crippen LogP) is 1.48. The van der Waals surface area contributed by atoms with Crippen molar-refractivity contribution in [2.24, 2.45) is 5.92 Å². The fourth-order valence-electron chi connectivity index (χ4n) is 1.73. The molecule has 2 aliphatic carbocycles. The van der Waals surface area contributed by atoms with E-state index in [1.807, 2.05) is 12.0 Å². The van der Waals surface area contributed by atoms with Gasteiger partial charge in [-0.2, -0.15) is 0 Å². The lowest BCUT2D eigenvalue weighted by molar-refractivity contribution is 0.561. The van der Waals surface area contributed by atoms with Gasteiger partial charge >= 0.3 is 0 Å². The van der Waals surface area contributed by atoms with Crippen LogP contribution in [0.3, 0.4) is 0 Å². The maximum atomic E-state index is 10.2. The molecule has 0 amide bonds. The van der Waals surface area contributed by atoms with Crippen LogP contribution < -0.4 is 0 Å². The molecule has 2 aliphatic rings. The van der Waals surface area contributed by atoms with Gasteiger partial charge < -0.3 is 0 Å². The Balaban J connectivity index is 2.46. The summed E-state index contributed by atoms with van der Waals surface area (Å²) < 4.78 is 0. The van der Waals surface area contributed by atoms with Crippen LogP contribution in [0.2, 0.25) is 0 Å². The Bertz CT molecular complexity index is 219. The van der Waals surface area contributed by atoms with Crippen LogP contribution in [-0.4, -0.2) is 5.94 Å². The lowest BCUT2D eigenvalue weighted by Crippen LogP contribution is -1.93. The lowest BCUT2D eigenvalue weighted by atomic mass is 10.0. The number of hydrogen-bond acceptors (Lipinski definition) is 1. The summed E-state index contributed by atoms with van der Waals surface area (Å²) in [5.41, 5.74) is 2.37. The average Bonchev–Trinajstić information content (AvgIpc) is 2.45. The fourth-order valence-corrected chi connectivity index (χ4v) is 1.73. The highest BCUT2D eigenvalue weighted by Gasteiger charge is 2.28. The first-order valence-electron chi connectivity index (χ1n) is 3.34. The minimum atomic E-state index is 0.553. The third-order valence-corrected chi connectivity index (χ3v) is 2.24. The number of carbonyl (C=O) groups excluding carboxylic acids is 1. The molecular formula is C8H8O. The Morgan fingerprint density at radius 3 is 2.89 bits per heavy atom. The third kappa shape index (κ3) is 0.585. The number of rotatable bonds is 0. The van der Waals surface area contributed by atoms with Crippen LogP contribution in [0.1, 0.15) is 19.3 Å². The van der Waals surface area contributed by atoms with Gasteiger partial charge in [0.15, 0.2) is 0 Å². The molecule has 1 fully saturated rings. The van der Waals surface area contributed by atoms with Gasteiger partial charge in [-0.3, -0.25) is 0 Å². The first-order chi connectivity index (χ1) is 4.40. The van der Waals surface area contributed by atoms with Crippen LogP contribution in [0.5, 0.6) is 0 Å². The van der Waals surface area contributed by atoms with Crippen molar-refractivity contribution in [2.75, 3.05) is 0 Å². The highest BCUT2D eigenvalue weighted by molar-refractivity contribution is 5.62. The summed E-state index contributed by atoms with van der Waals surface area (Å²) in [4.78, 5) is 10.2. The van der Waals surface area contributed by atoms with Gasteiger partial charge in [-0.15, -0.1) is 0 Å². The van der Waals surface area contributed by atoms with Gasteiger partial charge in [0.25, 0.3) is 0 Å². The SMILES string of the molecule is O=C=C1C=C2CCC1C2. The number of allylic oxidation sites excluding steroid dienone is 3. The highest BCUT2D eigenvalue weighted by atomic mass is 16.1. The molecule has 0 aromatic rings. The summed E-state index contributed by atoms with van der Waals surface area (Å²) >= 11 is 0. The first kappa shape index (κ1) is 5.01. The molecule has 2 bridgehead atoms. The van der Waals surface area contributed by atoms with Crippen molar-refractivity contribution in [3.8, 4) is 0 Å². The van der Waals surface area contributed by atoms with Crippen LogP contribution in [0.4, 0.5) is 0 Å². The van der Waals surface area contributed by atoms with Gasteiger partial charge in [-0.1, -0.05) is 5.57 Å². The zero-order valence-corrected chi connectivity index (χ0v) is 5.18. The molecule has 0 radical (unpaired) electrons. The molecule has 1 heteroatoms. The standard InChI is InChI=1S/C8H8O/c9-5-8-4-6-1-2-7(8)3-6/h4,7H,1-3H2. The molecule has 0 heterocycles.